The van der Waals surface area contributed by atoms with Gasteiger partial charge in [0, 0.05) is 0 Å². The molecule has 14 heavy (non-hydrogen) atoms. The van der Waals surface area contributed by atoms with Crippen molar-refractivity contribution in [2.75, 3.05) is 0 Å². The second-order valence-corrected chi connectivity index (χ2v) is 3.21. The van der Waals surface area contributed by atoms with Gasteiger partial charge in [-0.05, 0) is 24.3 Å². The predicted octanol–water partition coefficient (Wildman–Crippen LogP) is 2.99. The van der Waals surface area contributed by atoms with Crippen molar-refractivity contribution in [3.8, 4) is 0 Å². The molecule has 0 saturated heterocycles. The normalized spacial score (nSPS) is 9.29. The molecule has 0 aromatic carbocycles. The molecule has 0 radical (unpaired) electrons. The molecule has 2 rings (SSSR count). The lowest BCUT2D eigenvalue weighted by Crippen LogP contribution is -1.72. The van der Waals surface area contributed by atoms with Crippen LogP contribution in [0, 0.1) is 0 Å². The summed E-state index contributed by atoms with van der Waals surface area (Å²) in [6.45, 7) is -0.00694. The van der Waals surface area contributed by atoms with Crippen molar-refractivity contribution in [1.82, 2.24) is 0 Å². The van der Waals surface area contributed by atoms with Crippen LogP contribution in [0.1, 0.15) is 11.5 Å². The first kappa shape index (κ1) is 11.3. The molecule has 0 fully saturated rings. The van der Waals surface area contributed by atoms with E-state index >= 15 is 0 Å². The van der Waals surface area contributed by atoms with Crippen LogP contribution in [0.25, 0.3) is 0 Å². The fourth-order valence-electron chi connectivity index (χ4n) is 0.791. The Labute approximate surface area is 95.9 Å². The summed E-state index contributed by atoms with van der Waals surface area (Å²) in [5, 5.41) is 8.33. The second-order valence-electron chi connectivity index (χ2n) is 2.45. The van der Waals surface area contributed by atoms with Crippen molar-refractivity contribution in [1.29, 1.82) is 0 Å². The average Bonchev–Trinajstić information content (AvgIpc) is 2.92. The highest BCUT2D eigenvalue weighted by Crippen LogP contribution is 2.04. The lowest BCUT2D eigenvalue weighted by atomic mass is 10.5. The molecular weight excluding hydrogens is 295 g/mol. The minimum absolute atomic E-state index is 0.00694. The van der Waals surface area contributed by atoms with Gasteiger partial charge >= 0.3 is 0 Å². The van der Waals surface area contributed by atoms with Gasteiger partial charge in [-0.25, -0.2) is 0 Å². The Kier molecular flexibility index (Phi) is 5.39. The van der Waals surface area contributed by atoms with Crippen LogP contribution in [0.15, 0.2) is 45.6 Å². The molecule has 0 bridgehead atoms. The number of rotatable bonds is 2. The smallest absolute Gasteiger partial charge is 0.129 e. The number of aliphatic hydroxyl groups excluding tert-OH is 1. The molecule has 0 atom stereocenters. The van der Waals surface area contributed by atoms with E-state index in [9.17, 15) is 0 Å². The van der Waals surface area contributed by atoms with E-state index in [0.717, 1.165) is 10.2 Å². The third-order valence-corrected chi connectivity index (χ3v) is 2.20. The number of halogens is 1. The third kappa shape index (κ3) is 3.97. The number of aliphatic hydroxyl groups is 1. The van der Waals surface area contributed by atoms with E-state index in [1.54, 1.807) is 18.4 Å². The monoisotopic (exact) mass is 306 g/mol. The van der Waals surface area contributed by atoms with Gasteiger partial charge in [-0.2, -0.15) is 0 Å². The molecule has 3 nitrogen and oxygen atoms in total. The van der Waals surface area contributed by atoms with Crippen LogP contribution in [-0.4, -0.2) is 5.11 Å². The molecule has 0 unspecified atom stereocenters. The standard InChI is InChI=1S/C5H5IO.C5H6O2/c2*6-4-5-2-1-3-7-5/h1-3H,4H2;1-3,6H,4H2. The van der Waals surface area contributed by atoms with E-state index in [2.05, 4.69) is 22.6 Å². The third-order valence-electron chi connectivity index (χ3n) is 1.45. The van der Waals surface area contributed by atoms with Gasteiger partial charge in [0.05, 0.1) is 17.0 Å². The second kappa shape index (κ2) is 6.67. The molecule has 0 saturated carbocycles. The van der Waals surface area contributed by atoms with Gasteiger partial charge in [-0.3, -0.25) is 0 Å². The molecule has 0 aliphatic carbocycles. The van der Waals surface area contributed by atoms with E-state index in [1.807, 2.05) is 12.1 Å². The fraction of sp³-hybridized carbons (Fsp3) is 0.200. The quantitative estimate of drug-likeness (QED) is 0.685. The first-order valence-electron chi connectivity index (χ1n) is 4.08. The summed E-state index contributed by atoms with van der Waals surface area (Å²) in [6.07, 6.45) is 3.22. The highest BCUT2D eigenvalue weighted by atomic mass is 127. The van der Waals surface area contributed by atoms with Gasteiger partial charge in [0.1, 0.15) is 18.1 Å². The van der Waals surface area contributed by atoms with Gasteiger partial charge in [-0.15, -0.1) is 0 Å². The Balaban J connectivity index is 0.000000140. The lowest BCUT2D eigenvalue weighted by Gasteiger charge is -1.79. The summed E-state index contributed by atoms with van der Waals surface area (Å²) in [7, 11) is 0. The maximum absolute atomic E-state index is 8.33. The molecule has 2 heterocycles. The Morgan fingerprint density at radius 2 is 1.64 bits per heavy atom. The van der Waals surface area contributed by atoms with Crippen LogP contribution in [0.3, 0.4) is 0 Å². The van der Waals surface area contributed by atoms with Crippen LogP contribution in [0.4, 0.5) is 0 Å². The molecular formula is C10H11IO3. The van der Waals surface area contributed by atoms with Gasteiger partial charge in [0.25, 0.3) is 0 Å². The number of alkyl halides is 1. The summed E-state index contributed by atoms with van der Waals surface area (Å²) in [6, 6.07) is 7.33. The number of furan rings is 2. The van der Waals surface area contributed by atoms with Gasteiger partial charge < -0.3 is 13.9 Å². The minimum atomic E-state index is -0.00694. The zero-order valence-electron chi connectivity index (χ0n) is 7.52. The van der Waals surface area contributed by atoms with Crippen LogP contribution < -0.4 is 0 Å². The first-order chi connectivity index (χ1) is 6.86. The highest BCUT2D eigenvalue weighted by molar-refractivity contribution is 14.1. The molecule has 0 aliphatic rings. The van der Waals surface area contributed by atoms with Crippen LogP contribution >= 0.6 is 22.6 Å². The SMILES string of the molecule is ICc1ccco1.OCc1ccco1. The first-order valence-corrected chi connectivity index (χ1v) is 5.61. The zero-order chi connectivity index (χ0) is 10.2. The van der Waals surface area contributed by atoms with E-state index < -0.39 is 0 Å². The largest absolute Gasteiger partial charge is 0.469 e. The van der Waals surface area contributed by atoms with Crippen molar-refractivity contribution >= 4 is 22.6 Å². The van der Waals surface area contributed by atoms with E-state index in [-0.39, 0.29) is 6.61 Å². The van der Waals surface area contributed by atoms with Crippen molar-refractivity contribution in [3.05, 3.63) is 48.3 Å². The minimum Gasteiger partial charge on any atom is -0.469 e. The molecule has 1 N–H and O–H groups in total. The Morgan fingerprint density at radius 1 is 1.07 bits per heavy atom. The predicted molar refractivity (Wildman–Crippen MR) is 61.1 cm³/mol. The number of hydrogen-bond acceptors (Lipinski definition) is 3. The summed E-state index contributed by atoms with van der Waals surface area (Å²) >= 11 is 2.26. The molecule has 0 aliphatic heterocycles. The summed E-state index contributed by atoms with van der Waals surface area (Å²) in [5.41, 5.74) is 0. The van der Waals surface area contributed by atoms with Crippen molar-refractivity contribution in [2.24, 2.45) is 0 Å². The molecule has 2 aromatic heterocycles. The van der Waals surface area contributed by atoms with Gasteiger partial charge in [0.15, 0.2) is 0 Å². The van der Waals surface area contributed by atoms with Crippen molar-refractivity contribution in [3.63, 3.8) is 0 Å². The Morgan fingerprint density at radius 3 is 1.86 bits per heavy atom. The molecule has 2 aromatic rings. The van der Waals surface area contributed by atoms with Crippen LogP contribution in [0.2, 0.25) is 0 Å². The number of hydrogen-bond donors (Lipinski definition) is 1. The summed E-state index contributed by atoms with van der Waals surface area (Å²) < 4.78 is 10.7. The van der Waals surface area contributed by atoms with Crippen LogP contribution in [-0.2, 0) is 11.0 Å². The molecule has 76 valence electrons. The van der Waals surface area contributed by atoms with Crippen molar-refractivity contribution in [2.45, 2.75) is 11.0 Å². The highest BCUT2D eigenvalue weighted by Gasteiger charge is 1.86. The maximum Gasteiger partial charge on any atom is 0.129 e. The fourth-order valence-corrected chi connectivity index (χ4v) is 1.23. The van der Waals surface area contributed by atoms with E-state index in [4.69, 9.17) is 13.9 Å². The summed E-state index contributed by atoms with van der Waals surface area (Å²) in [5.74, 6) is 1.65. The molecule has 0 amide bonds. The molecule has 4 heteroatoms. The Bertz CT molecular complexity index is 279. The average molecular weight is 306 g/mol. The maximum atomic E-state index is 8.33. The Hall–Kier alpha value is -0.750. The van der Waals surface area contributed by atoms with Gasteiger partial charge in [-0.1, -0.05) is 22.6 Å². The topological polar surface area (TPSA) is 46.5 Å². The summed E-state index contributed by atoms with van der Waals surface area (Å²) in [4.78, 5) is 0. The van der Waals surface area contributed by atoms with Crippen LogP contribution in [0.5, 0.6) is 0 Å². The van der Waals surface area contributed by atoms with E-state index in [0.29, 0.717) is 5.76 Å². The van der Waals surface area contributed by atoms with Gasteiger partial charge in [0.2, 0.25) is 0 Å². The molecule has 0 spiro atoms. The van der Waals surface area contributed by atoms with Crippen molar-refractivity contribution < 1.29 is 13.9 Å². The zero-order valence-corrected chi connectivity index (χ0v) is 9.68. The van der Waals surface area contributed by atoms with E-state index in [1.165, 1.54) is 6.26 Å². The lowest BCUT2D eigenvalue weighted by molar-refractivity contribution is 0.247.